The molecular weight excluding hydrogens is 194 g/mol. The van der Waals surface area contributed by atoms with Crippen molar-refractivity contribution in [2.45, 2.75) is 44.4 Å². The standard InChI is InChI=1S/C10H17N3S/c1-10(2,3)8-7(6-11)13-4-5-14-9(13)12-8/h4-6,11H2,1-3H3. The van der Waals surface area contributed by atoms with Crippen molar-refractivity contribution in [3.05, 3.63) is 11.4 Å². The molecule has 78 valence electrons. The van der Waals surface area contributed by atoms with Crippen LogP contribution in [0.3, 0.4) is 0 Å². The van der Waals surface area contributed by atoms with Crippen molar-refractivity contribution >= 4 is 11.8 Å². The van der Waals surface area contributed by atoms with E-state index in [0.717, 1.165) is 17.5 Å². The Morgan fingerprint density at radius 2 is 2.21 bits per heavy atom. The number of thioether (sulfide) groups is 1. The van der Waals surface area contributed by atoms with Crippen molar-refractivity contribution in [1.82, 2.24) is 9.55 Å². The Morgan fingerprint density at radius 3 is 2.79 bits per heavy atom. The number of imidazole rings is 1. The summed E-state index contributed by atoms with van der Waals surface area (Å²) in [7, 11) is 0. The molecule has 0 radical (unpaired) electrons. The molecule has 0 spiro atoms. The van der Waals surface area contributed by atoms with Gasteiger partial charge >= 0.3 is 0 Å². The van der Waals surface area contributed by atoms with Crippen LogP contribution in [-0.4, -0.2) is 15.3 Å². The molecule has 3 nitrogen and oxygen atoms in total. The quantitative estimate of drug-likeness (QED) is 0.769. The highest BCUT2D eigenvalue weighted by molar-refractivity contribution is 7.99. The third kappa shape index (κ3) is 1.46. The molecule has 2 N–H and O–H groups in total. The van der Waals surface area contributed by atoms with Crippen LogP contribution in [-0.2, 0) is 18.5 Å². The second-order valence-corrected chi connectivity index (χ2v) is 5.71. The Balaban J connectivity index is 2.52. The summed E-state index contributed by atoms with van der Waals surface area (Å²) in [4.78, 5) is 4.68. The molecule has 0 amide bonds. The monoisotopic (exact) mass is 211 g/mol. The Morgan fingerprint density at radius 1 is 1.50 bits per heavy atom. The van der Waals surface area contributed by atoms with Crippen molar-refractivity contribution in [2.75, 3.05) is 5.75 Å². The highest BCUT2D eigenvalue weighted by Gasteiger charge is 2.27. The number of rotatable bonds is 1. The highest BCUT2D eigenvalue weighted by Crippen LogP contribution is 2.33. The Labute approximate surface area is 89.1 Å². The predicted octanol–water partition coefficient (Wildman–Crippen LogP) is 1.75. The first-order chi connectivity index (χ1) is 6.54. The molecular formula is C10H17N3S. The highest BCUT2D eigenvalue weighted by atomic mass is 32.2. The minimum atomic E-state index is 0.104. The lowest BCUT2D eigenvalue weighted by molar-refractivity contribution is 0.559. The molecule has 0 aromatic carbocycles. The van der Waals surface area contributed by atoms with Gasteiger partial charge in [-0.2, -0.15) is 0 Å². The normalized spacial score (nSPS) is 16.0. The van der Waals surface area contributed by atoms with Gasteiger partial charge < -0.3 is 10.3 Å². The van der Waals surface area contributed by atoms with Gasteiger partial charge in [0.1, 0.15) is 0 Å². The van der Waals surface area contributed by atoms with E-state index in [9.17, 15) is 0 Å². The fraction of sp³-hybridized carbons (Fsp3) is 0.700. The van der Waals surface area contributed by atoms with Crippen LogP contribution in [0.4, 0.5) is 0 Å². The number of hydrogen-bond acceptors (Lipinski definition) is 3. The van der Waals surface area contributed by atoms with Gasteiger partial charge in [0.05, 0.1) is 11.4 Å². The van der Waals surface area contributed by atoms with Crippen LogP contribution in [0.1, 0.15) is 32.2 Å². The molecule has 0 saturated heterocycles. The largest absolute Gasteiger partial charge is 0.325 e. The van der Waals surface area contributed by atoms with Gasteiger partial charge in [0.25, 0.3) is 0 Å². The summed E-state index contributed by atoms with van der Waals surface area (Å²) >= 11 is 1.83. The zero-order valence-electron chi connectivity index (χ0n) is 9.00. The molecule has 1 aromatic heterocycles. The summed E-state index contributed by atoms with van der Waals surface area (Å²) in [6, 6.07) is 0. The van der Waals surface area contributed by atoms with Gasteiger partial charge in [0.2, 0.25) is 0 Å². The maximum Gasteiger partial charge on any atom is 0.168 e. The predicted molar refractivity (Wildman–Crippen MR) is 59.5 cm³/mol. The fourth-order valence-corrected chi connectivity index (χ4v) is 2.81. The maximum absolute atomic E-state index is 5.79. The average Bonchev–Trinajstić information content (AvgIpc) is 2.58. The topological polar surface area (TPSA) is 43.8 Å². The van der Waals surface area contributed by atoms with E-state index in [4.69, 9.17) is 5.73 Å². The minimum Gasteiger partial charge on any atom is -0.325 e. The molecule has 1 aromatic rings. The van der Waals surface area contributed by atoms with Crippen LogP contribution in [0, 0.1) is 0 Å². The van der Waals surface area contributed by atoms with Crippen molar-refractivity contribution < 1.29 is 0 Å². The minimum absolute atomic E-state index is 0.104. The molecule has 0 aliphatic carbocycles. The average molecular weight is 211 g/mol. The van der Waals surface area contributed by atoms with Crippen molar-refractivity contribution in [2.24, 2.45) is 5.73 Å². The molecule has 14 heavy (non-hydrogen) atoms. The van der Waals surface area contributed by atoms with E-state index < -0.39 is 0 Å². The van der Waals surface area contributed by atoms with E-state index in [1.54, 1.807) is 0 Å². The molecule has 1 aliphatic rings. The lowest BCUT2D eigenvalue weighted by atomic mass is 9.90. The van der Waals surface area contributed by atoms with Gasteiger partial charge in [-0.15, -0.1) is 0 Å². The molecule has 0 bridgehead atoms. The molecule has 4 heteroatoms. The molecule has 0 unspecified atom stereocenters. The van der Waals surface area contributed by atoms with Gasteiger partial charge in [0.15, 0.2) is 5.16 Å². The first kappa shape index (κ1) is 10.1. The van der Waals surface area contributed by atoms with Crippen LogP contribution < -0.4 is 5.73 Å². The number of fused-ring (bicyclic) bond motifs is 1. The van der Waals surface area contributed by atoms with Crippen molar-refractivity contribution in [3.63, 3.8) is 0 Å². The second-order valence-electron chi connectivity index (χ2n) is 4.64. The number of aromatic nitrogens is 2. The Kier molecular flexibility index (Phi) is 2.35. The molecule has 0 saturated carbocycles. The summed E-state index contributed by atoms with van der Waals surface area (Å²) < 4.78 is 2.27. The van der Waals surface area contributed by atoms with Gasteiger partial charge in [-0.3, -0.25) is 0 Å². The van der Waals surface area contributed by atoms with Crippen LogP contribution in [0.5, 0.6) is 0 Å². The lowest BCUT2D eigenvalue weighted by Crippen LogP contribution is -2.18. The lowest BCUT2D eigenvalue weighted by Gasteiger charge is -2.18. The summed E-state index contributed by atoms with van der Waals surface area (Å²) in [5.41, 5.74) is 8.29. The van der Waals surface area contributed by atoms with Crippen LogP contribution >= 0.6 is 11.8 Å². The van der Waals surface area contributed by atoms with Crippen LogP contribution in [0.25, 0.3) is 0 Å². The van der Waals surface area contributed by atoms with Gasteiger partial charge in [-0.05, 0) is 0 Å². The smallest absolute Gasteiger partial charge is 0.168 e. The van der Waals surface area contributed by atoms with Gasteiger partial charge in [-0.25, -0.2) is 4.98 Å². The SMILES string of the molecule is CC(C)(C)c1nc2n(c1CN)CCS2. The van der Waals surface area contributed by atoms with E-state index >= 15 is 0 Å². The maximum atomic E-state index is 5.79. The number of nitrogens with two attached hydrogens (primary N) is 1. The first-order valence-corrected chi connectivity index (χ1v) is 5.95. The van der Waals surface area contributed by atoms with E-state index in [1.165, 1.54) is 11.4 Å². The summed E-state index contributed by atoms with van der Waals surface area (Å²) in [6.07, 6.45) is 0. The third-order valence-corrected chi connectivity index (χ3v) is 3.44. The van der Waals surface area contributed by atoms with Gasteiger partial charge in [-0.1, -0.05) is 32.5 Å². The first-order valence-electron chi connectivity index (χ1n) is 4.97. The zero-order valence-corrected chi connectivity index (χ0v) is 9.82. The second kappa shape index (κ2) is 3.28. The van der Waals surface area contributed by atoms with Crippen molar-refractivity contribution in [1.29, 1.82) is 0 Å². The van der Waals surface area contributed by atoms with E-state index in [0.29, 0.717) is 6.54 Å². The van der Waals surface area contributed by atoms with Crippen LogP contribution in [0.2, 0.25) is 0 Å². The van der Waals surface area contributed by atoms with E-state index in [1.807, 2.05) is 11.8 Å². The van der Waals surface area contributed by atoms with Gasteiger partial charge in [0, 0.05) is 24.3 Å². The van der Waals surface area contributed by atoms with E-state index in [2.05, 4.69) is 30.3 Å². The molecule has 0 fully saturated rings. The number of hydrogen-bond donors (Lipinski definition) is 1. The molecule has 0 atom stereocenters. The third-order valence-electron chi connectivity index (χ3n) is 2.49. The summed E-state index contributed by atoms with van der Waals surface area (Å²) in [5, 5.41) is 1.15. The Hall–Kier alpha value is -0.480. The number of nitrogens with zero attached hydrogens (tertiary/aromatic N) is 2. The molecule has 2 rings (SSSR count). The molecule has 1 aliphatic heterocycles. The Bertz CT molecular complexity index is 349. The van der Waals surface area contributed by atoms with E-state index in [-0.39, 0.29) is 5.41 Å². The van der Waals surface area contributed by atoms with Crippen LogP contribution in [0.15, 0.2) is 5.16 Å². The molecule has 2 heterocycles. The summed E-state index contributed by atoms with van der Waals surface area (Å²) in [5.74, 6) is 1.14. The summed E-state index contributed by atoms with van der Waals surface area (Å²) in [6.45, 7) is 8.23. The fourth-order valence-electron chi connectivity index (χ4n) is 1.84. The van der Waals surface area contributed by atoms with Crippen molar-refractivity contribution in [3.8, 4) is 0 Å². The zero-order chi connectivity index (χ0) is 10.3.